The molecule has 0 radical (unpaired) electrons. The van der Waals surface area contributed by atoms with Gasteiger partial charge >= 0.3 is 5.97 Å². The van der Waals surface area contributed by atoms with Gasteiger partial charge in [0.25, 0.3) is 0 Å². The molecule has 0 amide bonds. The van der Waals surface area contributed by atoms with Gasteiger partial charge in [-0.3, -0.25) is 9.69 Å². The van der Waals surface area contributed by atoms with Crippen LogP contribution in [0.2, 0.25) is 0 Å². The van der Waals surface area contributed by atoms with E-state index in [-0.39, 0.29) is 58.2 Å². The summed E-state index contributed by atoms with van der Waals surface area (Å²) in [4.78, 5) is 14.8. The molecule has 33 heavy (non-hydrogen) atoms. The fraction of sp³-hybridized carbons (Fsp3) is 0.962. The quantitative estimate of drug-likeness (QED) is 0.602. The van der Waals surface area contributed by atoms with Crippen LogP contribution < -0.4 is 0 Å². The Labute approximate surface area is 197 Å². The van der Waals surface area contributed by atoms with Gasteiger partial charge in [-0.05, 0) is 51.0 Å². The summed E-state index contributed by atoms with van der Waals surface area (Å²) in [6.07, 6.45) is 3.13. The van der Waals surface area contributed by atoms with Gasteiger partial charge in [-0.25, -0.2) is 0 Å². The molecule has 0 aromatic rings. The Bertz CT molecular complexity index is 853. The summed E-state index contributed by atoms with van der Waals surface area (Å²) in [7, 11) is 3.51. The average Bonchev–Trinajstić information content (AvgIpc) is 3.16. The second-order valence-electron chi connectivity index (χ2n) is 12.4. The van der Waals surface area contributed by atoms with E-state index in [9.17, 15) is 15.0 Å². The maximum Gasteiger partial charge on any atom is 0.302 e. The number of methoxy groups -OCH3 is 2. The Morgan fingerprint density at radius 1 is 1.21 bits per heavy atom. The molecule has 1 aliphatic heterocycles. The molecule has 5 aliphatic carbocycles. The number of aliphatic hydroxyl groups excluding tert-OH is 1. The van der Waals surface area contributed by atoms with Gasteiger partial charge in [0.15, 0.2) is 0 Å². The molecule has 7 heteroatoms. The Morgan fingerprint density at radius 3 is 2.61 bits per heavy atom. The lowest BCUT2D eigenvalue weighted by molar-refractivity contribution is -0.304. The number of carbonyl (C=O) groups excluding carboxylic acids is 1. The van der Waals surface area contributed by atoms with Crippen molar-refractivity contribution < 1.29 is 29.2 Å². The third-order valence-electron chi connectivity index (χ3n) is 11.9. The number of ether oxygens (including phenoxy) is 3. The highest BCUT2D eigenvalue weighted by Crippen LogP contribution is 2.82. The van der Waals surface area contributed by atoms with E-state index in [0.717, 1.165) is 38.8 Å². The smallest absolute Gasteiger partial charge is 0.302 e. The fourth-order valence-electron chi connectivity index (χ4n) is 11.4. The van der Waals surface area contributed by atoms with Gasteiger partial charge in [-0.15, -0.1) is 0 Å². The summed E-state index contributed by atoms with van der Waals surface area (Å²) in [5.74, 6) is 0.00605. The van der Waals surface area contributed by atoms with Gasteiger partial charge in [0.2, 0.25) is 0 Å². The zero-order chi connectivity index (χ0) is 23.6. The van der Waals surface area contributed by atoms with E-state index in [1.54, 1.807) is 14.2 Å². The Hall–Kier alpha value is -0.730. The van der Waals surface area contributed by atoms with Crippen molar-refractivity contribution in [3.05, 3.63) is 0 Å². The number of carbonyl (C=O) groups is 1. The van der Waals surface area contributed by atoms with Crippen molar-refractivity contribution >= 4 is 5.97 Å². The van der Waals surface area contributed by atoms with E-state index in [1.807, 2.05) is 0 Å². The first-order valence-corrected chi connectivity index (χ1v) is 13.0. The van der Waals surface area contributed by atoms with Crippen LogP contribution in [0.1, 0.15) is 52.9 Å². The minimum atomic E-state index is -0.980. The molecule has 6 aliphatic rings. The highest BCUT2D eigenvalue weighted by atomic mass is 16.5. The number of aliphatic hydroxyl groups is 2. The monoisotopic (exact) mass is 463 g/mol. The predicted molar refractivity (Wildman–Crippen MR) is 120 cm³/mol. The van der Waals surface area contributed by atoms with E-state index in [1.165, 1.54) is 6.92 Å². The zero-order valence-corrected chi connectivity index (χ0v) is 20.8. The van der Waals surface area contributed by atoms with E-state index < -0.39 is 11.7 Å². The molecule has 1 spiro atoms. The van der Waals surface area contributed by atoms with Crippen molar-refractivity contribution in [2.45, 2.75) is 82.3 Å². The number of nitrogens with zero attached hydrogens (tertiary/aromatic N) is 1. The van der Waals surface area contributed by atoms with Gasteiger partial charge in [-0.1, -0.05) is 6.92 Å². The lowest BCUT2D eigenvalue weighted by atomic mass is 9.39. The number of piperidine rings is 1. The number of fused-ring (bicyclic) bond motifs is 2. The topological polar surface area (TPSA) is 88.5 Å². The third-order valence-corrected chi connectivity index (χ3v) is 11.9. The summed E-state index contributed by atoms with van der Waals surface area (Å²) in [5.41, 5.74) is -1.64. The van der Waals surface area contributed by atoms with Crippen LogP contribution >= 0.6 is 0 Å². The molecule has 6 fully saturated rings. The molecule has 4 unspecified atom stereocenters. The van der Waals surface area contributed by atoms with Crippen LogP contribution in [0.25, 0.3) is 0 Å². The van der Waals surface area contributed by atoms with Gasteiger partial charge in [0, 0.05) is 68.2 Å². The Morgan fingerprint density at radius 2 is 1.97 bits per heavy atom. The normalized spacial score (nSPS) is 58.4. The van der Waals surface area contributed by atoms with E-state index in [0.29, 0.717) is 18.9 Å². The van der Waals surface area contributed by atoms with Crippen LogP contribution in [-0.2, 0) is 19.0 Å². The minimum Gasteiger partial charge on any atom is -0.462 e. The first-order chi connectivity index (χ1) is 15.7. The molecule has 12 atom stereocenters. The predicted octanol–water partition coefficient (Wildman–Crippen LogP) is 1.84. The molecular formula is C26H41NO6. The number of rotatable bonds is 5. The van der Waals surface area contributed by atoms with Gasteiger partial charge in [-0.2, -0.15) is 0 Å². The molecule has 6 rings (SSSR count). The van der Waals surface area contributed by atoms with Gasteiger partial charge < -0.3 is 24.4 Å². The standard InChI is InChI=1S/C26H41NO6/c1-6-27-12-24(13-31-4)8-7-20(29)26-16-9-15-17(32-5)11-25(30,21(16)22(15)33-14(2)28)18(10-19(24)26)23(26,27)3/h15-22,29-30H,6-13H2,1-5H3/t15-,16?,17+,18+,19?,20+,21?,22?,23+,24+,25+,26-/m1/s1. The van der Waals surface area contributed by atoms with Crippen LogP contribution in [0.3, 0.4) is 0 Å². The van der Waals surface area contributed by atoms with Crippen molar-refractivity contribution in [2.75, 3.05) is 33.9 Å². The van der Waals surface area contributed by atoms with E-state index in [4.69, 9.17) is 14.2 Å². The van der Waals surface area contributed by atoms with Crippen molar-refractivity contribution in [1.82, 2.24) is 4.90 Å². The molecule has 2 N–H and O–H groups in total. The molecule has 186 valence electrons. The highest BCUT2D eigenvalue weighted by Gasteiger charge is 2.87. The molecule has 7 nitrogen and oxygen atoms in total. The minimum absolute atomic E-state index is 0.00237. The largest absolute Gasteiger partial charge is 0.462 e. The molecular weight excluding hydrogens is 422 g/mol. The first kappa shape index (κ1) is 22.7. The van der Waals surface area contributed by atoms with Crippen LogP contribution in [0.15, 0.2) is 0 Å². The number of hydrogen-bond donors (Lipinski definition) is 2. The highest BCUT2D eigenvalue weighted by molar-refractivity contribution is 5.66. The number of likely N-dealkylation sites (tertiary alicyclic amines) is 1. The second-order valence-corrected chi connectivity index (χ2v) is 12.4. The maximum absolute atomic E-state index is 12.7. The molecule has 0 aromatic carbocycles. The maximum atomic E-state index is 12.7. The summed E-state index contributed by atoms with van der Waals surface area (Å²) < 4.78 is 17.8. The Balaban J connectivity index is 1.60. The lowest BCUT2D eigenvalue weighted by Crippen LogP contribution is -2.81. The molecule has 7 bridgehead atoms. The van der Waals surface area contributed by atoms with E-state index in [2.05, 4.69) is 18.7 Å². The zero-order valence-electron chi connectivity index (χ0n) is 20.8. The van der Waals surface area contributed by atoms with E-state index >= 15 is 0 Å². The molecule has 1 saturated heterocycles. The Kier molecular flexibility index (Phi) is 4.77. The van der Waals surface area contributed by atoms with Gasteiger partial charge in [0.1, 0.15) is 6.10 Å². The van der Waals surface area contributed by atoms with Crippen LogP contribution in [-0.4, -0.2) is 84.5 Å². The molecule has 0 aromatic heterocycles. The number of esters is 1. The van der Waals surface area contributed by atoms with Crippen molar-refractivity contribution in [1.29, 1.82) is 0 Å². The lowest BCUT2D eigenvalue weighted by Gasteiger charge is -2.73. The van der Waals surface area contributed by atoms with Crippen LogP contribution in [0, 0.1) is 40.4 Å². The summed E-state index contributed by atoms with van der Waals surface area (Å²) in [5, 5.41) is 24.7. The average molecular weight is 464 g/mol. The summed E-state index contributed by atoms with van der Waals surface area (Å²) >= 11 is 0. The second kappa shape index (κ2) is 6.94. The number of hydrogen-bond acceptors (Lipinski definition) is 7. The molecule has 5 saturated carbocycles. The SMILES string of the molecule is CCN1C[C@]2(COC)CC[C@H](O)[C@@]34C5C[C@H]6C(OC(C)=O)C5[C@](O)(C[C@@H]6OC)[C@@H](CC23)[C@]14C. The summed E-state index contributed by atoms with van der Waals surface area (Å²) in [6.45, 7) is 8.56. The van der Waals surface area contributed by atoms with Crippen LogP contribution in [0.5, 0.6) is 0 Å². The summed E-state index contributed by atoms with van der Waals surface area (Å²) in [6, 6.07) is 0. The fourth-order valence-corrected chi connectivity index (χ4v) is 11.4. The van der Waals surface area contributed by atoms with Crippen molar-refractivity contribution in [3.8, 4) is 0 Å². The van der Waals surface area contributed by atoms with Crippen molar-refractivity contribution in [2.24, 2.45) is 40.4 Å². The van der Waals surface area contributed by atoms with Crippen LogP contribution in [0.4, 0.5) is 0 Å². The van der Waals surface area contributed by atoms with Crippen molar-refractivity contribution in [3.63, 3.8) is 0 Å². The third kappa shape index (κ3) is 2.29. The molecule has 1 heterocycles. The van der Waals surface area contributed by atoms with Gasteiger partial charge in [0.05, 0.1) is 24.4 Å². The first-order valence-electron chi connectivity index (χ1n) is 13.0.